The highest BCUT2D eigenvalue weighted by Gasteiger charge is 2.25. The van der Waals surface area contributed by atoms with Crippen molar-refractivity contribution in [3.63, 3.8) is 0 Å². The molecule has 7 aromatic carbocycles. The van der Waals surface area contributed by atoms with E-state index in [1.165, 1.54) is 0 Å². The van der Waals surface area contributed by atoms with Gasteiger partial charge in [-0.1, -0.05) is 153 Å². The van der Waals surface area contributed by atoms with Gasteiger partial charge in [-0.25, -0.2) is 15.0 Å². The molecular weight excluding hydrogens is 717 g/mol. The van der Waals surface area contributed by atoms with Gasteiger partial charge in [-0.2, -0.15) is 0 Å². The highest BCUT2D eigenvalue weighted by molar-refractivity contribution is 6.70. The van der Waals surface area contributed by atoms with Crippen molar-refractivity contribution < 1.29 is 4.42 Å². The van der Waals surface area contributed by atoms with Gasteiger partial charge in [0.1, 0.15) is 97.5 Å². The summed E-state index contributed by atoms with van der Waals surface area (Å²) in [5.74, 6) is 0.864. The van der Waals surface area contributed by atoms with Crippen molar-refractivity contribution in [2.75, 3.05) is 0 Å². The second-order valence-corrected chi connectivity index (χ2v) is 14.4. The number of fused-ring (bicyclic) bond motifs is 3. The van der Waals surface area contributed by atoms with E-state index >= 15 is 0 Å². The van der Waals surface area contributed by atoms with Gasteiger partial charge in [0.25, 0.3) is 0 Å². The molecule has 9 aromatic rings. The molecule has 0 aliphatic carbocycles. The van der Waals surface area contributed by atoms with Crippen LogP contribution in [0.15, 0.2) is 114 Å². The van der Waals surface area contributed by atoms with Crippen LogP contribution in [0.2, 0.25) is 0 Å². The summed E-state index contributed by atoms with van der Waals surface area (Å²) in [5.41, 5.74) is 6.80. The lowest BCUT2D eigenvalue weighted by molar-refractivity contribution is 0.675. The minimum Gasteiger partial charge on any atom is -0.457 e. The Hall–Kier alpha value is -5.94. The molecule has 0 fully saturated rings. The number of furan rings is 1. The molecule has 9 rings (SSSR count). The molecule has 0 N–H and O–H groups in total. The molecule has 0 bridgehead atoms. The number of rotatable bonds is 6. The third-order valence-corrected chi connectivity index (χ3v) is 10.9. The van der Waals surface area contributed by atoms with Gasteiger partial charge >= 0.3 is 0 Å². The topological polar surface area (TPSA) is 51.8 Å². The van der Waals surface area contributed by atoms with Gasteiger partial charge in [0, 0.05) is 27.5 Å². The van der Waals surface area contributed by atoms with Crippen molar-refractivity contribution in [1.29, 1.82) is 0 Å². The second kappa shape index (κ2) is 15.3. The first-order chi connectivity index (χ1) is 28.8. The minimum atomic E-state index is -0.0108. The van der Waals surface area contributed by atoms with Crippen LogP contribution in [0, 0.1) is 0 Å². The van der Waals surface area contributed by atoms with Crippen LogP contribution in [0.1, 0.15) is 0 Å². The number of hydrogen-bond acceptors (Lipinski definition) is 4. The van der Waals surface area contributed by atoms with Gasteiger partial charge < -0.3 is 4.42 Å². The van der Waals surface area contributed by atoms with Crippen LogP contribution in [0.25, 0.3) is 89.5 Å². The van der Waals surface area contributed by atoms with Crippen molar-refractivity contribution in [1.82, 2.24) is 15.0 Å². The van der Waals surface area contributed by atoms with Gasteiger partial charge in [-0.15, -0.1) is 10.9 Å². The average Bonchev–Trinajstić information content (AvgIpc) is 3.70. The van der Waals surface area contributed by atoms with Gasteiger partial charge in [0.15, 0.2) is 17.5 Å². The fraction of sp³-hybridized carbons (Fsp3) is 0. The third kappa shape index (κ3) is 6.36. The molecule has 0 aliphatic heterocycles. The molecule has 2 heterocycles. The zero-order chi connectivity index (χ0) is 42.1. The highest BCUT2D eigenvalue weighted by atomic mass is 16.3. The molecule has 0 atom stereocenters. The summed E-state index contributed by atoms with van der Waals surface area (Å²) in [6, 6.07) is 36.0. The largest absolute Gasteiger partial charge is 0.457 e. The van der Waals surface area contributed by atoms with Crippen LogP contribution in [0.4, 0.5) is 0 Å². The van der Waals surface area contributed by atoms with Gasteiger partial charge in [-0.3, -0.25) is 0 Å². The highest BCUT2D eigenvalue weighted by Crippen LogP contribution is 2.29. The van der Waals surface area contributed by atoms with E-state index in [1.807, 2.05) is 72.8 Å². The lowest BCUT2D eigenvalue weighted by atomic mass is 9.59. The number of hydrogen-bond donors (Lipinski definition) is 0. The molecule has 0 saturated heterocycles. The first-order valence-corrected chi connectivity index (χ1v) is 18.6. The lowest BCUT2D eigenvalue weighted by Gasteiger charge is -2.26. The molecular formula is C45H18B11N3O. The Morgan fingerprint density at radius 1 is 0.267 bits per heavy atom. The summed E-state index contributed by atoms with van der Waals surface area (Å²) in [6.07, 6.45) is 0. The first-order valence-electron chi connectivity index (χ1n) is 18.6. The Balaban J connectivity index is 1.17. The van der Waals surface area contributed by atoms with Crippen molar-refractivity contribution in [3.8, 4) is 67.5 Å². The summed E-state index contributed by atoms with van der Waals surface area (Å²) >= 11 is 0. The fourth-order valence-electron chi connectivity index (χ4n) is 7.64. The van der Waals surface area contributed by atoms with Crippen molar-refractivity contribution in [2.24, 2.45) is 0 Å². The number of aromatic nitrogens is 3. The predicted molar refractivity (Wildman–Crippen MR) is 259 cm³/mol. The zero-order valence-corrected chi connectivity index (χ0v) is 32.0. The standard InChI is InChI=1S/C45H18B11N3O/c46-30-25(26-32(48)33(49)27-28-34(50)38(54)39(55)40(56)42(28)60-41(27)37(26)53)31(47)36(52)29(35(30)51)45-58-43(23-9-5-2-6-10-23)57-44(59-45)24-17-15-22(16-18-24)21-13-11-20(12-14-21)19-7-3-1-4-8-19/h1-18H. The van der Waals surface area contributed by atoms with E-state index in [1.54, 1.807) is 0 Å². The van der Waals surface area contributed by atoms with E-state index in [2.05, 4.69) is 36.4 Å². The minimum absolute atomic E-state index is 0.00501. The first kappa shape index (κ1) is 39.5. The number of nitrogens with zero attached hydrogens (tertiary/aromatic N) is 3. The SMILES string of the molecule is [B]c1c([B])c(-c2c([B])c([B])c3c(oc4c([B])c([B])c([B])c([B])c43)c2[B])c([B])c([B])c1-c1nc(-c2ccccc2)nc(-c2ccc(-c3ccc(-c4ccccc4)cc3)cc2)n1. The smallest absolute Gasteiger partial charge is 0.164 e. The monoisotopic (exact) mass is 737 g/mol. The summed E-state index contributed by atoms with van der Waals surface area (Å²) in [5, 5.41) is 0.591. The molecule has 22 radical (unpaired) electrons. The van der Waals surface area contributed by atoms with Crippen LogP contribution in [0.3, 0.4) is 0 Å². The second-order valence-electron chi connectivity index (χ2n) is 14.4. The normalized spacial score (nSPS) is 11.4. The molecule has 60 heavy (non-hydrogen) atoms. The predicted octanol–water partition coefficient (Wildman–Crippen LogP) is -1.50. The van der Waals surface area contributed by atoms with Crippen molar-refractivity contribution in [3.05, 3.63) is 109 Å². The molecule has 0 spiro atoms. The average molecular weight is 736 g/mol. The Labute approximate surface area is 362 Å². The molecule has 0 unspecified atom stereocenters. The van der Waals surface area contributed by atoms with Crippen LogP contribution in [-0.4, -0.2) is 101 Å². The van der Waals surface area contributed by atoms with Crippen LogP contribution < -0.4 is 60.1 Å². The van der Waals surface area contributed by atoms with E-state index in [0.717, 1.165) is 33.4 Å². The van der Waals surface area contributed by atoms with Crippen LogP contribution in [-0.2, 0) is 0 Å². The Morgan fingerprint density at radius 2 is 0.583 bits per heavy atom. The molecule has 4 nitrogen and oxygen atoms in total. The van der Waals surface area contributed by atoms with Crippen molar-refractivity contribution >= 4 is 168 Å². The molecule has 0 saturated carbocycles. The maximum atomic E-state index is 6.86. The van der Waals surface area contributed by atoms with Gasteiger partial charge in [-0.05, 0) is 38.8 Å². The number of benzene rings is 7. The van der Waals surface area contributed by atoms with Crippen LogP contribution in [0.5, 0.6) is 0 Å². The molecule has 2 aromatic heterocycles. The molecule has 0 aliphatic rings. The third-order valence-electron chi connectivity index (χ3n) is 10.9. The molecule has 252 valence electrons. The van der Waals surface area contributed by atoms with E-state index < -0.39 is 0 Å². The van der Waals surface area contributed by atoms with E-state index in [-0.39, 0.29) is 99.2 Å². The van der Waals surface area contributed by atoms with E-state index in [4.69, 9.17) is 106 Å². The fourth-order valence-corrected chi connectivity index (χ4v) is 7.64. The van der Waals surface area contributed by atoms with E-state index in [9.17, 15) is 0 Å². The maximum absolute atomic E-state index is 6.86. The van der Waals surface area contributed by atoms with Gasteiger partial charge in [0.05, 0.1) is 0 Å². The zero-order valence-electron chi connectivity index (χ0n) is 32.0. The quantitative estimate of drug-likeness (QED) is 0.196. The maximum Gasteiger partial charge on any atom is 0.164 e. The Morgan fingerprint density at radius 3 is 1.08 bits per heavy atom. The summed E-state index contributed by atoms with van der Waals surface area (Å²) in [6.45, 7) is 0. The molecule has 15 heteroatoms. The lowest BCUT2D eigenvalue weighted by Crippen LogP contribution is -2.48. The summed E-state index contributed by atoms with van der Waals surface area (Å²) < 4.78 is 6.15. The van der Waals surface area contributed by atoms with Crippen LogP contribution >= 0.6 is 0 Å². The van der Waals surface area contributed by atoms with E-state index in [0.29, 0.717) is 17.0 Å². The van der Waals surface area contributed by atoms with Crippen molar-refractivity contribution in [2.45, 2.75) is 0 Å². The summed E-state index contributed by atoms with van der Waals surface area (Å²) in [7, 11) is 72.5. The Kier molecular flexibility index (Phi) is 10.1. The van der Waals surface area contributed by atoms with Gasteiger partial charge in [0.2, 0.25) is 0 Å². The molecule has 0 amide bonds. The Bertz CT molecular complexity index is 3170. The summed E-state index contributed by atoms with van der Waals surface area (Å²) in [4.78, 5) is 14.6.